The summed E-state index contributed by atoms with van der Waals surface area (Å²) in [7, 11) is 3.76. The normalized spacial score (nSPS) is 17.5. The molecule has 0 bridgehead atoms. The summed E-state index contributed by atoms with van der Waals surface area (Å²) in [5.41, 5.74) is 0.311. The minimum absolute atomic E-state index is 0.0166. The molecule has 0 aliphatic heterocycles. The van der Waals surface area contributed by atoms with Gasteiger partial charge in [0.1, 0.15) is 5.75 Å². The molecule has 2 rings (SSSR count). The molecule has 0 saturated heterocycles. The summed E-state index contributed by atoms with van der Waals surface area (Å²) in [5, 5.41) is 12.4. The van der Waals surface area contributed by atoms with E-state index in [4.69, 9.17) is 0 Å². The highest BCUT2D eigenvalue weighted by molar-refractivity contribution is 5.77. The number of aryl methyl sites for hydroxylation is 1. The fourth-order valence-electron chi connectivity index (χ4n) is 4.08. The number of likely N-dealkylation sites (N-methyl/N-ethyl adjacent to an activating group) is 1. The molecule has 2 unspecified atom stereocenters. The summed E-state index contributed by atoms with van der Waals surface area (Å²) in [4.78, 5) is 18.3. The second-order valence-corrected chi connectivity index (χ2v) is 8.66. The van der Waals surface area contributed by atoms with Gasteiger partial charge < -0.3 is 15.3 Å². The first-order valence-corrected chi connectivity index (χ1v) is 10.5. The molecule has 0 spiro atoms. The number of benzene rings is 1. The molecule has 1 amide bonds. The first kappa shape index (κ1) is 25.6. The Morgan fingerprint density at radius 3 is 2.50 bits per heavy atom. The van der Waals surface area contributed by atoms with Crippen LogP contribution in [0.2, 0.25) is 0 Å². The summed E-state index contributed by atoms with van der Waals surface area (Å²) in [6, 6.07) is 5.06. The smallest absolute Gasteiger partial charge is 0.395 e. The number of aromatic hydroxyl groups is 1. The van der Waals surface area contributed by atoms with Crippen molar-refractivity contribution < 1.29 is 23.1 Å². The maximum Gasteiger partial charge on any atom is 0.395 e. The first-order chi connectivity index (χ1) is 14.9. The first-order valence-electron chi connectivity index (χ1n) is 10.5. The number of nitrogens with zero attached hydrogens (tertiary/aromatic N) is 2. The molecule has 1 fully saturated rings. The van der Waals surface area contributed by atoms with Gasteiger partial charge in [0.2, 0.25) is 5.91 Å². The quantitative estimate of drug-likeness (QED) is 0.387. The number of aliphatic imine (C=N–C) groups is 1. The van der Waals surface area contributed by atoms with Gasteiger partial charge in [-0.25, -0.2) is 0 Å². The summed E-state index contributed by atoms with van der Waals surface area (Å²) < 4.78 is 41.4. The van der Waals surface area contributed by atoms with E-state index in [0.717, 1.165) is 11.1 Å². The Bertz CT molecular complexity index is 874. The summed E-state index contributed by atoms with van der Waals surface area (Å²) >= 11 is 0. The van der Waals surface area contributed by atoms with Gasteiger partial charge in [0.25, 0.3) is 0 Å². The number of phenols is 1. The Morgan fingerprint density at radius 2 is 2.03 bits per heavy atom. The third-order valence-electron chi connectivity index (χ3n) is 6.34. The predicted molar refractivity (Wildman–Crippen MR) is 121 cm³/mol. The zero-order valence-corrected chi connectivity index (χ0v) is 18.9. The van der Waals surface area contributed by atoms with E-state index in [0.29, 0.717) is 6.42 Å². The van der Waals surface area contributed by atoms with Crippen molar-refractivity contribution in [3.63, 3.8) is 0 Å². The van der Waals surface area contributed by atoms with Gasteiger partial charge in [-0.3, -0.25) is 9.79 Å². The Kier molecular flexibility index (Phi) is 8.29. The molecule has 1 aromatic carbocycles. The van der Waals surface area contributed by atoms with Crippen LogP contribution in [0.4, 0.5) is 13.2 Å². The van der Waals surface area contributed by atoms with E-state index in [9.17, 15) is 23.1 Å². The molecule has 32 heavy (non-hydrogen) atoms. The molecular formula is C24H32F3N3O2. The second-order valence-electron chi connectivity index (χ2n) is 8.66. The molecule has 1 aliphatic carbocycles. The van der Waals surface area contributed by atoms with Crippen molar-refractivity contribution in [1.82, 2.24) is 10.2 Å². The van der Waals surface area contributed by atoms with Crippen molar-refractivity contribution >= 4 is 12.6 Å². The lowest BCUT2D eigenvalue weighted by atomic mass is 9.79. The Hall–Kier alpha value is -2.61. The number of hydrogen-bond donors (Lipinski definition) is 2. The van der Waals surface area contributed by atoms with Gasteiger partial charge in [-0.15, -0.1) is 0 Å². The second kappa shape index (κ2) is 10.3. The van der Waals surface area contributed by atoms with E-state index in [1.807, 2.05) is 32.0 Å². The van der Waals surface area contributed by atoms with Crippen LogP contribution in [0.5, 0.6) is 5.75 Å². The Balaban J connectivity index is 2.12. The molecule has 0 radical (unpaired) electrons. The van der Waals surface area contributed by atoms with Crippen LogP contribution in [-0.2, 0) is 11.2 Å². The number of hydrogen-bond acceptors (Lipinski definition) is 4. The van der Waals surface area contributed by atoms with Gasteiger partial charge in [-0.2, -0.15) is 13.2 Å². The average Bonchev–Trinajstić information content (AvgIpc) is 3.51. The highest BCUT2D eigenvalue weighted by atomic mass is 19.4. The average molecular weight is 452 g/mol. The van der Waals surface area contributed by atoms with Gasteiger partial charge in [0, 0.05) is 31.1 Å². The lowest BCUT2D eigenvalue weighted by Gasteiger charge is -2.30. The van der Waals surface area contributed by atoms with Crippen LogP contribution in [0.25, 0.3) is 0 Å². The van der Waals surface area contributed by atoms with Crippen LogP contribution in [-0.4, -0.2) is 55.5 Å². The van der Waals surface area contributed by atoms with Crippen LogP contribution >= 0.6 is 0 Å². The fourth-order valence-corrected chi connectivity index (χ4v) is 4.08. The van der Waals surface area contributed by atoms with Gasteiger partial charge in [0.15, 0.2) is 0 Å². The number of rotatable bonds is 11. The fraction of sp³-hybridized carbons (Fsp3) is 0.500. The molecule has 1 aromatic rings. The molecule has 2 atom stereocenters. The van der Waals surface area contributed by atoms with Crippen molar-refractivity contribution in [3.05, 3.63) is 53.8 Å². The van der Waals surface area contributed by atoms with E-state index in [1.54, 1.807) is 12.1 Å². The summed E-state index contributed by atoms with van der Waals surface area (Å²) in [5.74, 6) is -1.31. The number of carbonyl (C=O) groups is 1. The number of nitrogens with one attached hydrogen (secondary N) is 1. The number of allylic oxidation sites excluding steroid dienone is 2. The van der Waals surface area contributed by atoms with E-state index >= 15 is 0 Å². The maximum absolute atomic E-state index is 13.8. The standard InChI is InChI=1S/C24H32F3N3O2/c1-6-17(14-28-3)21(23(9-10-23)24(25,26)27)13-22(32)29-15-19(30(4)5)12-18-7-8-20(31)11-16(18)2/h6-8,11,14,19,21,31H,1,3,9-10,12-13,15H2,2,4-5H3,(H,29,32)/b17-14+. The van der Waals surface area contributed by atoms with E-state index in [1.165, 1.54) is 12.3 Å². The van der Waals surface area contributed by atoms with Crippen molar-refractivity contribution in [1.29, 1.82) is 0 Å². The summed E-state index contributed by atoms with van der Waals surface area (Å²) in [6.07, 6.45) is -1.54. The van der Waals surface area contributed by atoms with Crippen molar-refractivity contribution in [2.45, 2.75) is 44.8 Å². The van der Waals surface area contributed by atoms with Crippen LogP contribution in [0.15, 0.2) is 47.6 Å². The topological polar surface area (TPSA) is 64.9 Å². The van der Waals surface area contributed by atoms with Gasteiger partial charge in [0.05, 0.1) is 5.41 Å². The third kappa shape index (κ3) is 6.00. The molecular weight excluding hydrogens is 419 g/mol. The zero-order valence-electron chi connectivity index (χ0n) is 18.9. The maximum atomic E-state index is 13.8. The monoisotopic (exact) mass is 451 g/mol. The molecule has 0 aromatic heterocycles. The van der Waals surface area contributed by atoms with E-state index < -0.39 is 23.4 Å². The van der Waals surface area contributed by atoms with Crippen molar-refractivity contribution in [2.24, 2.45) is 16.3 Å². The van der Waals surface area contributed by atoms with Gasteiger partial charge >= 0.3 is 6.18 Å². The Labute approximate surface area is 187 Å². The third-order valence-corrected chi connectivity index (χ3v) is 6.34. The van der Waals surface area contributed by atoms with Crippen LogP contribution in [0.3, 0.4) is 0 Å². The largest absolute Gasteiger partial charge is 0.508 e. The molecule has 5 nitrogen and oxygen atoms in total. The van der Waals surface area contributed by atoms with Crippen LogP contribution < -0.4 is 5.32 Å². The minimum Gasteiger partial charge on any atom is -0.508 e. The van der Waals surface area contributed by atoms with E-state index in [-0.39, 0.29) is 43.2 Å². The van der Waals surface area contributed by atoms with E-state index in [2.05, 4.69) is 23.6 Å². The highest BCUT2D eigenvalue weighted by Gasteiger charge is 2.67. The molecule has 0 heterocycles. The number of carbonyl (C=O) groups excluding carboxylic acids is 1. The number of phenolic OH excluding ortho intramolecular Hbond substituents is 1. The number of halogens is 3. The Morgan fingerprint density at radius 1 is 1.38 bits per heavy atom. The van der Waals surface area contributed by atoms with Crippen LogP contribution in [0, 0.1) is 18.3 Å². The molecule has 176 valence electrons. The minimum atomic E-state index is -4.41. The molecule has 1 aliphatic rings. The lowest BCUT2D eigenvalue weighted by Crippen LogP contribution is -2.43. The van der Waals surface area contributed by atoms with Crippen molar-refractivity contribution in [2.75, 3.05) is 20.6 Å². The zero-order chi connectivity index (χ0) is 24.1. The SMILES string of the molecule is C=C/C(=C\N=C)C(CC(=O)NCC(Cc1ccc(O)cc1C)N(C)C)C1(C(F)(F)F)CC1. The summed E-state index contributed by atoms with van der Waals surface area (Å²) in [6.45, 7) is 9.12. The van der Waals surface area contributed by atoms with Crippen LogP contribution in [0.1, 0.15) is 30.4 Å². The lowest BCUT2D eigenvalue weighted by molar-refractivity contribution is -0.199. The van der Waals surface area contributed by atoms with Crippen molar-refractivity contribution in [3.8, 4) is 5.75 Å². The molecule has 8 heteroatoms. The number of alkyl halides is 3. The molecule has 1 saturated carbocycles. The predicted octanol–water partition coefficient (Wildman–Crippen LogP) is 4.41. The number of amides is 1. The van der Waals surface area contributed by atoms with Gasteiger partial charge in [-0.1, -0.05) is 18.7 Å². The van der Waals surface area contributed by atoms with Gasteiger partial charge in [-0.05, 0) is 75.8 Å². The highest BCUT2D eigenvalue weighted by Crippen LogP contribution is 2.64. The molecule has 2 N–H and O–H groups in total.